The number of nitrogens with zero attached hydrogens (tertiary/aromatic N) is 3. The minimum absolute atomic E-state index is 0.108. The van der Waals surface area contributed by atoms with Crippen LogP contribution in [0.25, 0.3) is 0 Å². The third-order valence-corrected chi connectivity index (χ3v) is 5.03. The van der Waals surface area contributed by atoms with Gasteiger partial charge in [0.15, 0.2) is 0 Å². The van der Waals surface area contributed by atoms with Gasteiger partial charge in [-0.2, -0.15) is 5.10 Å². The molecule has 2 N–H and O–H groups in total. The highest BCUT2D eigenvalue weighted by molar-refractivity contribution is 6.30. The summed E-state index contributed by atoms with van der Waals surface area (Å²) >= 11 is 5.84. The molecule has 1 saturated heterocycles. The fourth-order valence-electron chi connectivity index (χ4n) is 3.07. The van der Waals surface area contributed by atoms with Crippen LogP contribution >= 0.6 is 11.6 Å². The van der Waals surface area contributed by atoms with E-state index in [1.807, 2.05) is 11.9 Å². The number of piperazine rings is 1. The third-order valence-electron chi connectivity index (χ3n) is 4.78. The minimum atomic E-state index is -0.402. The van der Waals surface area contributed by atoms with Gasteiger partial charge in [-0.1, -0.05) is 11.6 Å². The molecule has 150 valence electrons. The van der Waals surface area contributed by atoms with Gasteiger partial charge in [-0.05, 0) is 38.2 Å². The molecule has 1 aliphatic rings. The number of benzene rings is 1. The summed E-state index contributed by atoms with van der Waals surface area (Å²) in [7, 11) is 1.89. The van der Waals surface area contributed by atoms with Crippen LogP contribution in [0.2, 0.25) is 5.02 Å². The van der Waals surface area contributed by atoms with E-state index in [2.05, 4.69) is 15.5 Å². The summed E-state index contributed by atoms with van der Waals surface area (Å²) in [5.74, 6) is 0.465. The van der Waals surface area contributed by atoms with E-state index in [4.69, 9.17) is 16.3 Å². The average molecular weight is 406 g/mol. The Hall–Kier alpha value is -2.58. The summed E-state index contributed by atoms with van der Waals surface area (Å²) in [6, 6.07) is 6.65. The van der Waals surface area contributed by atoms with E-state index in [-0.39, 0.29) is 11.8 Å². The first-order valence-electron chi connectivity index (χ1n) is 9.11. The number of hydrogen-bond acceptors (Lipinski definition) is 5. The Labute approximate surface area is 168 Å². The van der Waals surface area contributed by atoms with Crippen LogP contribution in [0.1, 0.15) is 16.1 Å². The Kier molecular flexibility index (Phi) is 6.53. The van der Waals surface area contributed by atoms with Crippen LogP contribution in [0, 0.1) is 6.92 Å². The van der Waals surface area contributed by atoms with Crippen molar-refractivity contribution in [3.05, 3.63) is 46.7 Å². The number of aryl methyl sites for hydroxylation is 1. The maximum Gasteiger partial charge on any atom is 0.257 e. The molecule has 1 unspecified atom stereocenters. The molecule has 1 fully saturated rings. The van der Waals surface area contributed by atoms with Gasteiger partial charge in [-0.15, -0.1) is 0 Å². The molecule has 2 amide bonds. The number of carbonyl (C=O) groups excluding carboxylic acids is 2. The van der Waals surface area contributed by atoms with Gasteiger partial charge in [0.2, 0.25) is 5.91 Å². The molecule has 3 rings (SSSR count). The smallest absolute Gasteiger partial charge is 0.257 e. The quantitative estimate of drug-likeness (QED) is 0.707. The predicted octanol–water partition coefficient (Wildman–Crippen LogP) is 1.32. The van der Waals surface area contributed by atoms with E-state index in [9.17, 15) is 9.59 Å². The van der Waals surface area contributed by atoms with Crippen LogP contribution in [-0.2, 0) is 4.79 Å². The van der Waals surface area contributed by atoms with Gasteiger partial charge >= 0.3 is 0 Å². The third kappa shape index (κ3) is 4.82. The number of nitrogens with one attached hydrogen (secondary N) is 2. The molecule has 1 aliphatic heterocycles. The second-order valence-corrected chi connectivity index (χ2v) is 7.19. The molecule has 2 aromatic rings. The van der Waals surface area contributed by atoms with Crippen molar-refractivity contribution in [1.82, 2.24) is 25.3 Å². The second-order valence-electron chi connectivity index (χ2n) is 6.75. The fraction of sp³-hybridized carbons (Fsp3) is 0.421. The number of halogens is 1. The number of rotatable bonds is 6. The number of amides is 2. The van der Waals surface area contributed by atoms with Crippen molar-refractivity contribution >= 4 is 23.4 Å². The summed E-state index contributed by atoms with van der Waals surface area (Å²) < 4.78 is 5.59. The second kappa shape index (κ2) is 9.07. The first-order valence-corrected chi connectivity index (χ1v) is 9.49. The Morgan fingerprint density at radius 2 is 2.07 bits per heavy atom. The maximum absolute atomic E-state index is 12.7. The largest absolute Gasteiger partial charge is 0.492 e. The SMILES string of the molecule is Cc1[nH]ncc1C(=O)N1CCN(C)C(C(=O)NCCOc2ccc(Cl)cc2)C1. The Bertz CT molecular complexity index is 823. The van der Waals surface area contributed by atoms with E-state index >= 15 is 0 Å². The van der Waals surface area contributed by atoms with Crippen molar-refractivity contribution in [2.45, 2.75) is 13.0 Å². The van der Waals surface area contributed by atoms with Gasteiger partial charge in [0.25, 0.3) is 5.91 Å². The van der Waals surface area contributed by atoms with Crippen LogP contribution in [0.5, 0.6) is 5.75 Å². The van der Waals surface area contributed by atoms with Gasteiger partial charge in [0, 0.05) is 30.4 Å². The molecule has 0 radical (unpaired) electrons. The van der Waals surface area contributed by atoms with Crippen molar-refractivity contribution in [2.75, 3.05) is 39.8 Å². The zero-order valence-electron chi connectivity index (χ0n) is 15.9. The Morgan fingerprint density at radius 3 is 2.75 bits per heavy atom. The van der Waals surface area contributed by atoms with E-state index in [0.717, 1.165) is 5.69 Å². The molecule has 0 aliphatic carbocycles. The molecule has 1 atom stereocenters. The number of hydrogen-bond donors (Lipinski definition) is 2. The van der Waals surface area contributed by atoms with Gasteiger partial charge in [0.05, 0.1) is 18.3 Å². The highest BCUT2D eigenvalue weighted by Crippen LogP contribution is 2.16. The monoisotopic (exact) mass is 405 g/mol. The molecular weight excluding hydrogens is 382 g/mol. The molecule has 9 heteroatoms. The van der Waals surface area contributed by atoms with Crippen LogP contribution in [0.15, 0.2) is 30.5 Å². The molecule has 28 heavy (non-hydrogen) atoms. The number of H-pyrrole nitrogens is 1. The summed E-state index contributed by atoms with van der Waals surface area (Å²) in [6.45, 7) is 4.07. The van der Waals surface area contributed by atoms with Crippen LogP contribution in [0.3, 0.4) is 0 Å². The van der Waals surface area contributed by atoms with E-state index in [1.165, 1.54) is 6.20 Å². The normalized spacial score (nSPS) is 17.4. The zero-order chi connectivity index (χ0) is 20.1. The maximum atomic E-state index is 12.7. The highest BCUT2D eigenvalue weighted by atomic mass is 35.5. The van der Waals surface area contributed by atoms with Crippen molar-refractivity contribution in [3.63, 3.8) is 0 Å². The number of ether oxygens (including phenoxy) is 1. The molecule has 0 bridgehead atoms. The molecule has 0 saturated carbocycles. The molecule has 8 nitrogen and oxygen atoms in total. The molecule has 1 aromatic heterocycles. The molecular formula is C19H24ClN5O3. The highest BCUT2D eigenvalue weighted by Gasteiger charge is 2.33. The standard InChI is InChI=1S/C19H24ClN5O3/c1-13-16(11-22-23-13)19(27)25-9-8-24(2)17(12-25)18(26)21-7-10-28-15-5-3-14(20)4-6-15/h3-6,11,17H,7-10,12H2,1-2H3,(H,21,26)(H,22,23). The van der Waals surface area contributed by atoms with E-state index in [1.54, 1.807) is 36.1 Å². The lowest BCUT2D eigenvalue weighted by Crippen LogP contribution is -2.59. The topological polar surface area (TPSA) is 90.6 Å². The Balaban J connectivity index is 1.49. The number of aromatic nitrogens is 2. The average Bonchev–Trinajstić information content (AvgIpc) is 3.12. The Morgan fingerprint density at radius 1 is 1.32 bits per heavy atom. The van der Waals surface area contributed by atoms with E-state index < -0.39 is 6.04 Å². The fourth-order valence-corrected chi connectivity index (χ4v) is 3.20. The zero-order valence-corrected chi connectivity index (χ0v) is 16.7. The van der Waals surface area contributed by atoms with Crippen LogP contribution in [-0.4, -0.2) is 77.7 Å². The number of aromatic amines is 1. The number of likely N-dealkylation sites (N-methyl/N-ethyl adjacent to an activating group) is 1. The summed E-state index contributed by atoms with van der Waals surface area (Å²) in [4.78, 5) is 28.9. The first kappa shape index (κ1) is 20.2. The van der Waals surface area contributed by atoms with Gasteiger partial charge < -0.3 is 15.0 Å². The van der Waals surface area contributed by atoms with Crippen molar-refractivity contribution < 1.29 is 14.3 Å². The van der Waals surface area contributed by atoms with Crippen molar-refractivity contribution in [3.8, 4) is 5.75 Å². The van der Waals surface area contributed by atoms with Gasteiger partial charge in [-0.3, -0.25) is 19.6 Å². The van der Waals surface area contributed by atoms with E-state index in [0.29, 0.717) is 49.1 Å². The lowest BCUT2D eigenvalue weighted by Gasteiger charge is -2.38. The molecule has 0 spiro atoms. The van der Waals surface area contributed by atoms with Crippen LogP contribution in [0.4, 0.5) is 0 Å². The lowest BCUT2D eigenvalue weighted by molar-refractivity contribution is -0.127. The number of carbonyl (C=O) groups is 2. The summed E-state index contributed by atoms with van der Waals surface area (Å²) in [5, 5.41) is 10.2. The molecule has 2 heterocycles. The lowest BCUT2D eigenvalue weighted by atomic mass is 10.1. The predicted molar refractivity (Wildman–Crippen MR) is 106 cm³/mol. The van der Waals surface area contributed by atoms with Gasteiger partial charge in [-0.25, -0.2) is 0 Å². The molecule has 1 aromatic carbocycles. The van der Waals surface area contributed by atoms with Gasteiger partial charge in [0.1, 0.15) is 18.4 Å². The minimum Gasteiger partial charge on any atom is -0.492 e. The first-order chi connectivity index (χ1) is 13.5. The van der Waals surface area contributed by atoms with Crippen LogP contribution < -0.4 is 10.1 Å². The summed E-state index contributed by atoms with van der Waals surface area (Å²) in [5.41, 5.74) is 1.27. The van der Waals surface area contributed by atoms with Crippen molar-refractivity contribution in [2.24, 2.45) is 0 Å². The summed E-state index contributed by atoms with van der Waals surface area (Å²) in [6.07, 6.45) is 1.53. The van der Waals surface area contributed by atoms with Crippen molar-refractivity contribution in [1.29, 1.82) is 0 Å².